The Balaban J connectivity index is 1.63. The number of pyridine rings is 1. The van der Waals surface area contributed by atoms with E-state index in [2.05, 4.69) is 52.3 Å². The highest BCUT2D eigenvalue weighted by atomic mass is 16.5. The Kier molecular flexibility index (Phi) is 7.76. The molecule has 7 heteroatoms. The van der Waals surface area contributed by atoms with E-state index in [1.54, 1.807) is 13.2 Å². The van der Waals surface area contributed by atoms with Crippen LogP contribution in [0.25, 0.3) is 22.0 Å². The highest BCUT2D eigenvalue weighted by Gasteiger charge is 2.20. The van der Waals surface area contributed by atoms with E-state index in [1.165, 1.54) is 0 Å². The number of likely N-dealkylation sites (tertiary alicyclic amines) is 1. The Labute approximate surface area is 206 Å². The fourth-order valence-corrected chi connectivity index (χ4v) is 4.38. The SMILES string of the molecule is C=C(C#N)CNc1c(COC)ccc2ccc(-c3cccc(C(=O)NC4CCN(C)CC4)n3)cc12. The second-order valence-electron chi connectivity index (χ2n) is 9.00. The minimum Gasteiger partial charge on any atom is -0.380 e. The summed E-state index contributed by atoms with van der Waals surface area (Å²) in [5, 5.41) is 17.7. The second-order valence-corrected chi connectivity index (χ2v) is 9.00. The number of nitrogens with zero attached hydrogens (tertiary/aromatic N) is 3. The molecule has 3 aromatic rings. The average Bonchev–Trinajstić information content (AvgIpc) is 2.89. The summed E-state index contributed by atoms with van der Waals surface area (Å²) in [5.74, 6) is -0.137. The highest BCUT2D eigenvalue weighted by molar-refractivity contribution is 5.98. The second kappa shape index (κ2) is 11.1. The van der Waals surface area contributed by atoms with Crippen molar-refractivity contribution in [2.24, 2.45) is 0 Å². The van der Waals surface area contributed by atoms with Crippen LogP contribution < -0.4 is 10.6 Å². The van der Waals surface area contributed by atoms with Crippen molar-refractivity contribution in [2.45, 2.75) is 25.5 Å². The lowest BCUT2D eigenvalue weighted by molar-refractivity contribution is 0.0912. The molecule has 0 atom stereocenters. The maximum absolute atomic E-state index is 12.9. The van der Waals surface area contributed by atoms with Gasteiger partial charge in [-0.25, -0.2) is 4.98 Å². The molecule has 7 nitrogen and oxygen atoms in total. The predicted octanol–water partition coefficient (Wildman–Crippen LogP) is 4.36. The molecule has 2 N–H and O–H groups in total. The number of piperidine rings is 1. The van der Waals surface area contributed by atoms with Crippen molar-refractivity contribution in [3.05, 3.63) is 71.9 Å². The molecule has 0 spiro atoms. The van der Waals surface area contributed by atoms with Gasteiger partial charge in [-0.1, -0.05) is 36.9 Å². The van der Waals surface area contributed by atoms with Crippen molar-refractivity contribution in [1.82, 2.24) is 15.2 Å². The highest BCUT2D eigenvalue weighted by Crippen LogP contribution is 2.32. The number of hydrogen-bond donors (Lipinski definition) is 2. The molecule has 4 rings (SSSR count). The Morgan fingerprint density at radius 1 is 1.23 bits per heavy atom. The van der Waals surface area contributed by atoms with Crippen LogP contribution in [0.2, 0.25) is 0 Å². The third-order valence-electron chi connectivity index (χ3n) is 6.38. The topological polar surface area (TPSA) is 90.3 Å². The van der Waals surface area contributed by atoms with Crippen LogP contribution in [0.1, 0.15) is 28.9 Å². The van der Waals surface area contributed by atoms with Crippen molar-refractivity contribution in [3.63, 3.8) is 0 Å². The molecule has 0 radical (unpaired) electrons. The zero-order valence-electron chi connectivity index (χ0n) is 20.3. The maximum Gasteiger partial charge on any atom is 0.270 e. The minimum absolute atomic E-state index is 0.137. The van der Waals surface area contributed by atoms with Crippen molar-refractivity contribution in [2.75, 3.05) is 39.1 Å². The van der Waals surface area contributed by atoms with E-state index in [1.807, 2.05) is 30.3 Å². The molecule has 1 aliphatic rings. The summed E-state index contributed by atoms with van der Waals surface area (Å²) in [6.07, 6.45) is 1.90. The van der Waals surface area contributed by atoms with Crippen molar-refractivity contribution < 1.29 is 9.53 Å². The third kappa shape index (κ3) is 5.86. The number of rotatable bonds is 8. The first-order chi connectivity index (χ1) is 17.0. The van der Waals surface area contributed by atoms with Gasteiger partial charge in [0.15, 0.2) is 0 Å². The fourth-order valence-electron chi connectivity index (χ4n) is 4.38. The number of nitriles is 1. The lowest BCUT2D eigenvalue weighted by atomic mass is 9.99. The van der Waals surface area contributed by atoms with E-state index in [0.717, 1.165) is 59.2 Å². The Hall–Kier alpha value is -3.73. The lowest BCUT2D eigenvalue weighted by Crippen LogP contribution is -2.43. The van der Waals surface area contributed by atoms with Crippen LogP contribution in [0.3, 0.4) is 0 Å². The number of carbonyl (C=O) groups is 1. The molecule has 0 saturated carbocycles. The number of amides is 1. The zero-order chi connectivity index (χ0) is 24.8. The van der Waals surface area contributed by atoms with E-state index >= 15 is 0 Å². The number of ether oxygens (including phenoxy) is 1. The number of nitrogens with one attached hydrogen (secondary N) is 2. The number of benzene rings is 2. The van der Waals surface area contributed by atoms with E-state index in [-0.39, 0.29) is 11.9 Å². The number of carbonyl (C=O) groups excluding carboxylic acids is 1. The molecule has 1 saturated heterocycles. The summed E-state index contributed by atoms with van der Waals surface area (Å²) in [7, 11) is 3.76. The molecular formula is C28H31N5O2. The monoisotopic (exact) mass is 469 g/mol. The number of aromatic nitrogens is 1. The number of anilines is 1. The number of hydrogen-bond acceptors (Lipinski definition) is 6. The Bertz CT molecular complexity index is 1270. The average molecular weight is 470 g/mol. The molecule has 35 heavy (non-hydrogen) atoms. The number of fused-ring (bicyclic) bond motifs is 1. The van der Waals surface area contributed by atoms with Crippen molar-refractivity contribution >= 4 is 22.4 Å². The van der Waals surface area contributed by atoms with Gasteiger partial charge in [-0.3, -0.25) is 4.79 Å². The van der Waals surface area contributed by atoms with Gasteiger partial charge >= 0.3 is 0 Å². The standard InChI is InChI=1S/C28H31N5O2/c1-19(16-29)17-30-27-22(18-35-3)10-8-20-7-9-21(15-24(20)27)25-5-4-6-26(32-25)28(34)31-23-11-13-33(2)14-12-23/h4-10,15,23,30H,1,11-14,17-18H2,2-3H3,(H,31,34). The summed E-state index contributed by atoms with van der Waals surface area (Å²) in [6, 6.07) is 18.0. The fraction of sp³-hybridized carbons (Fsp3) is 0.321. The van der Waals surface area contributed by atoms with E-state index < -0.39 is 0 Å². The van der Waals surface area contributed by atoms with E-state index in [4.69, 9.17) is 10.00 Å². The van der Waals surface area contributed by atoms with Crippen LogP contribution in [-0.4, -0.2) is 55.6 Å². The quantitative estimate of drug-likeness (QED) is 0.477. The Morgan fingerprint density at radius 3 is 2.74 bits per heavy atom. The zero-order valence-corrected chi connectivity index (χ0v) is 20.3. The van der Waals surface area contributed by atoms with Gasteiger partial charge in [0.2, 0.25) is 0 Å². The van der Waals surface area contributed by atoms with Gasteiger partial charge in [0.1, 0.15) is 5.69 Å². The van der Waals surface area contributed by atoms with Crippen LogP contribution in [0.5, 0.6) is 0 Å². The molecule has 1 aromatic heterocycles. The molecule has 1 aliphatic heterocycles. The normalized spacial score (nSPS) is 14.4. The smallest absolute Gasteiger partial charge is 0.270 e. The molecule has 0 aliphatic carbocycles. The van der Waals surface area contributed by atoms with Crippen LogP contribution in [0.4, 0.5) is 5.69 Å². The summed E-state index contributed by atoms with van der Waals surface area (Å²) >= 11 is 0. The van der Waals surface area contributed by atoms with Gasteiger partial charge in [0.25, 0.3) is 5.91 Å². The summed E-state index contributed by atoms with van der Waals surface area (Å²) in [4.78, 5) is 19.9. The summed E-state index contributed by atoms with van der Waals surface area (Å²) in [5.41, 5.74) is 4.39. The third-order valence-corrected chi connectivity index (χ3v) is 6.38. The summed E-state index contributed by atoms with van der Waals surface area (Å²) in [6.45, 7) is 6.53. The largest absolute Gasteiger partial charge is 0.380 e. The lowest BCUT2D eigenvalue weighted by Gasteiger charge is -2.29. The van der Waals surface area contributed by atoms with Crippen molar-refractivity contribution in [1.29, 1.82) is 5.26 Å². The van der Waals surface area contributed by atoms with Crippen molar-refractivity contribution in [3.8, 4) is 17.3 Å². The van der Waals surface area contributed by atoms with Crippen LogP contribution in [0, 0.1) is 11.3 Å². The van der Waals surface area contributed by atoms with Gasteiger partial charge in [0, 0.05) is 47.5 Å². The first-order valence-corrected chi connectivity index (χ1v) is 11.8. The molecule has 180 valence electrons. The summed E-state index contributed by atoms with van der Waals surface area (Å²) < 4.78 is 5.39. The first-order valence-electron chi connectivity index (χ1n) is 11.8. The molecule has 2 aromatic carbocycles. The van der Waals surface area contributed by atoms with E-state index in [0.29, 0.717) is 24.4 Å². The maximum atomic E-state index is 12.9. The van der Waals surface area contributed by atoms with Gasteiger partial charge < -0.3 is 20.3 Å². The van der Waals surface area contributed by atoms with Crippen LogP contribution in [0.15, 0.2) is 60.7 Å². The molecular weight excluding hydrogens is 438 g/mol. The van der Waals surface area contributed by atoms with Gasteiger partial charge in [0.05, 0.1) is 18.4 Å². The van der Waals surface area contributed by atoms with Gasteiger partial charge in [-0.15, -0.1) is 0 Å². The van der Waals surface area contributed by atoms with Gasteiger partial charge in [-0.2, -0.15) is 5.26 Å². The molecule has 1 fully saturated rings. The Morgan fingerprint density at radius 2 is 2.00 bits per heavy atom. The minimum atomic E-state index is -0.137. The van der Waals surface area contributed by atoms with Crippen LogP contribution >= 0.6 is 0 Å². The molecule has 1 amide bonds. The molecule has 0 unspecified atom stereocenters. The van der Waals surface area contributed by atoms with E-state index in [9.17, 15) is 4.79 Å². The number of methoxy groups -OCH3 is 1. The first kappa shape index (κ1) is 24.4. The van der Waals surface area contributed by atoms with Gasteiger partial charge in [-0.05, 0) is 56.6 Å². The predicted molar refractivity (Wildman–Crippen MR) is 139 cm³/mol. The van der Waals surface area contributed by atoms with Crippen LogP contribution in [-0.2, 0) is 11.3 Å². The molecule has 0 bridgehead atoms. The molecule has 2 heterocycles.